The molecule has 1 amide bonds. The van der Waals surface area contributed by atoms with Crippen LogP contribution in [0, 0.1) is 0 Å². The molecule has 2 heterocycles. The predicted octanol–water partition coefficient (Wildman–Crippen LogP) is 4.08. The minimum atomic E-state index is -3.60. The second-order valence-electron chi connectivity index (χ2n) is 7.64. The summed E-state index contributed by atoms with van der Waals surface area (Å²) in [5.41, 5.74) is 5.12. The Morgan fingerprint density at radius 3 is 2.47 bits per heavy atom. The van der Waals surface area contributed by atoms with Gasteiger partial charge in [0.2, 0.25) is 0 Å². The van der Waals surface area contributed by atoms with Gasteiger partial charge in [0, 0.05) is 36.3 Å². The van der Waals surface area contributed by atoms with Crippen molar-refractivity contribution in [2.45, 2.75) is 24.8 Å². The van der Waals surface area contributed by atoms with Crippen molar-refractivity contribution in [2.75, 3.05) is 17.4 Å². The molecule has 0 N–H and O–H groups in total. The fourth-order valence-electron chi connectivity index (χ4n) is 4.46. The van der Waals surface area contributed by atoms with E-state index in [-0.39, 0.29) is 10.8 Å². The number of fused-ring (bicyclic) bond motifs is 4. The Bertz CT molecular complexity index is 1270. The summed E-state index contributed by atoms with van der Waals surface area (Å²) in [5.74, 6) is -0.0266. The lowest BCUT2D eigenvalue weighted by atomic mass is 9.97. The number of sulfonamides is 1. The molecule has 0 saturated carbocycles. The number of rotatable bonds is 2. The average molecular weight is 419 g/mol. The van der Waals surface area contributed by atoms with Gasteiger partial charge in [0.1, 0.15) is 0 Å². The topological polar surface area (TPSA) is 57.7 Å². The van der Waals surface area contributed by atoms with Crippen molar-refractivity contribution in [3.63, 3.8) is 0 Å². The first kappa shape index (κ1) is 18.9. The van der Waals surface area contributed by atoms with Gasteiger partial charge in [-0.1, -0.05) is 42.5 Å². The summed E-state index contributed by atoms with van der Waals surface area (Å²) >= 11 is 0. The van der Waals surface area contributed by atoms with Crippen LogP contribution < -0.4 is 4.31 Å². The Morgan fingerprint density at radius 2 is 1.67 bits per heavy atom. The number of hydrogen-bond donors (Lipinski definition) is 0. The molecule has 3 aromatic carbocycles. The second kappa shape index (κ2) is 6.99. The SMILES string of the molecule is CCN1c2ccc(C(=O)N3CCc4ccccc4C3)cc2-c2ccccc2S1(=O)=O. The molecule has 6 heteroatoms. The average Bonchev–Trinajstić information content (AvgIpc) is 2.78. The summed E-state index contributed by atoms with van der Waals surface area (Å²) in [6.45, 7) is 3.43. The molecule has 0 radical (unpaired) electrons. The molecule has 5 rings (SSSR count). The normalized spacial score (nSPS) is 16.4. The van der Waals surface area contributed by atoms with Gasteiger partial charge in [0.15, 0.2) is 0 Å². The van der Waals surface area contributed by atoms with E-state index < -0.39 is 10.0 Å². The first-order valence-electron chi connectivity index (χ1n) is 10.1. The van der Waals surface area contributed by atoms with Crippen LogP contribution in [0.1, 0.15) is 28.4 Å². The van der Waals surface area contributed by atoms with Crippen LogP contribution in [0.5, 0.6) is 0 Å². The monoisotopic (exact) mass is 418 g/mol. The summed E-state index contributed by atoms with van der Waals surface area (Å²) in [7, 11) is -3.60. The van der Waals surface area contributed by atoms with Crippen LogP contribution in [0.4, 0.5) is 5.69 Å². The summed E-state index contributed by atoms with van der Waals surface area (Å²) in [4.78, 5) is 15.4. The quantitative estimate of drug-likeness (QED) is 0.630. The molecule has 2 aliphatic heterocycles. The molecule has 30 heavy (non-hydrogen) atoms. The maximum atomic E-state index is 13.3. The molecule has 0 aromatic heterocycles. The molecular formula is C24H22N2O3S. The van der Waals surface area contributed by atoms with Crippen LogP contribution in [0.15, 0.2) is 71.6 Å². The van der Waals surface area contributed by atoms with Gasteiger partial charge in [0.05, 0.1) is 10.6 Å². The third-order valence-electron chi connectivity index (χ3n) is 5.96. The molecule has 5 nitrogen and oxygen atoms in total. The zero-order chi connectivity index (χ0) is 20.9. The Hall–Kier alpha value is -3.12. The van der Waals surface area contributed by atoms with E-state index in [4.69, 9.17) is 0 Å². The van der Waals surface area contributed by atoms with Crippen LogP contribution in [-0.4, -0.2) is 32.3 Å². The van der Waals surface area contributed by atoms with Gasteiger partial charge >= 0.3 is 0 Å². The number of carbonyl (C=O) groups is 1. The number of carbonyl (C=O) groups excluding carboxylic acids is 1. The van der Waals surface area contributed by atoms with Crippen molar-refractivity contribution in [1.82, 2.24) is 4.90 Å². The van der Waals surface area contributed by atoms with Gasteiger partial charge in [-0.2, -0.15) is 0 Å². The van der Waals surface area contributed by atoms with Crippen molar-refractivity contribution in [1.29, 1.82) is 0 Å². The molecular weight excluding hydrogens is 396 g/mol. The van der Waals surface area contributed by atoms with Gasteiger partial charge < -0.3 is 4.90 Å². The fraction of sp³-hybridized carbons (Fsp3) is 0.208. The highest BCUT2D eigenvalue weighted by Crippen LogP contribution is 2.43. The van der Waals surface area contributed by atoms with E-state index in [1.54, 1.807) is 24.3 Å². The Morgan fingerprint density at radius 1 is 0.933 bits per heavy atom. The van der Waals surface area contributed by atoms with Crippen molar-refractivity contribution < 1.29 is 13.2 Å². The molecule has 0 saturated heterocycles. The lowest BCUT2D eigenvalue weighted by Gasteiger charge is -2.32. The highest BCUT2D eigenvalue weighted by atomic mass is 32.2. The number of amides is 1. The van der Waals surface area contributed by atoms with E-state index in [1.165, 1.54) is 15.4 Å². The van der Waals surface area contributed by atoms with Crippen LogP contribution in [0.3, 0.4) is 0 Å². The molecule has 0 bridgehead atoms. The Balaban J connectivity index is 1.56. The van der Waals surface area contributed by atoms with Crippen molar-refractivity contribution in [3.8, 4) is 11.1 Å². The zero-order valence-corrected chi connectivity index (χ0v) is 17.5. The van der Waals surface area contributed by atoms with Crippen molar-refractivity contribution >= 4 is 21.6 Å². The number of nitrogens with zero attached hydrogens (tertiary/aromatic N) is 2. The summed E-state index contributed by atoms with van der Waals surface area (Å²) in [5, 5.41) is 0. The highest BCUT2D eigenvalue weighted by molar-refractivity contribution is 7.93. The van der Waals surface area contributed by atoms with E-state index in [9.17, 15) is 13.2 Å². The molecule has 0 spiro atoms. The Kier molecular flexibility index (Phi) is 4.40. The summed E-state index contributed by atoms with van der Waals surface area (Å²) in [6, 6.07) is 20.6. The van der Waals surface area contributed by atoms with Gasteiger partial charge in [-0.15, -0.1) is 0 Å². The van der Waals surface area contributed by atoms with E-state index >= 15 is 0 Å². The smallest absolute Gasteiger partial charge is 0.264 e. The molecule has 0 unspecified atom stereocenters. The van der Waals surface area contributed by atoms with Gasteiger partial charge in [-0.25, -0.2) is 8.42 Å². The molecule has 0 atom stereocenters. The third kappa shape index (κ3) is 2.82. The van der Waals surface area contributed by atoms with Crippen LogP contribution in [0.2, 0.25) is 0 Å². The Labute approximate surface area is 176 Å². The first-order valence-corrected chi connectivity index (χ1v) is 11.6. The van der Waals surface area contributed by atoms with E-state index in [1.807, 2.05) is 42.2 Å². The number of hydrogen-bond acceptors (Lipinski definition) is 3. The van der Waals surface area contributed by atoms with Gasteiger partial charge in [-0.05, 0) is 48.7 Å². The van der Waals surface area contributed by atoms with Crippen molar-refractivity contribution in [2.24, 2.45) is 0 Å². The molecule has 3 aromatic rings. The summed E-state index contributed by atoms with van der Waals surface area (Å²) in [6.07, 6.45) is 0.845. The molecule has 2 aliphatic rings. The molecule has 152 valence electrons. The standard InChI is InChI=1S/C24H22N2O3S/c1-2-26-22-12-11-18(15-21(22)20-9-5-6-10-23(20)30(26,28)29)24(27)25-14-13-17-7-3-4-8-19(17)16-25/h3-12,15H,2,13-14,16H2,1H3. The van der Waals surface area contributed by atoms with Gasteiger partial charge in [-0.3, -0.25) is 9.10 Å². The lowest BCUT2D eigenvalue weighted by molar-refractivity contribution is 0.0735. The van der Waals surface area contributed by atoms with Crippen LogP contribution >= 0.6 is 0 Å². The summed E-state index contributed by atoms with van der Waals surface area (Å²) < 4.78 is 27.5. The fourth-order valence-corrected chi connectivity index (χ4v) is 6.16. The minimum absolute atomic E-state index is 0.0266. The number of anilines is 1. The minimum Gasteiger partial charge on any atom is -0.334 e. The second-order valence-corrected chi connectivity index (χ2v) is 9.47. The third-order valence-corrected chi connectivity index (χ3v) is 7.91. The highest BCUT2D eigenvalue weighted by Gasteiger charge is 2.34. The lowest BCUT2D eigenvalue weighted by Crippen LogP contribution is -2.36. The van der Waals surface area contributed by atoms with E-state index in [0.29, 0.717) is 36.4 Å². The first-order chi connectivity index (χ1) is 14.5. The van der Waals surface area contributed by atoms with Gasteiger partial charge in [0.25, 0.3) is 15.9 Å². The van der Waals surface area contributed by atoms with Crippen LogP contribution in [0.25, 0.3) is 11.1 Å². The zero-order valence-electron chi connectivity index (χ0n) is 16.7. The number of benzene rings is 3. The predicted molar refractivity (Wildman–Crippen MR) is 117 cm³/mol. The largest absolute Gasteiger partial charge is 0.334 e. The van der Waals surface area contributed by atoms with E-state index in [0.717, 1.165) is 12.0 Å². The van der Waals surface area contributed by atoms with Crippen LogP contribution in [-0.2, 0) is 23.0 Å². The van der Waals surface area contributed by atoms with E-state index in [2.05, 4.69) is 12.1 Å². The molecule has 0 aliphatic carbocycles. The maximum absolute atomic E-state index is 13.3. The maximum Gasteiger partial charge on any atom is 0.264 e. The van der Waals surface area contributed by atoms with Crippen molar-refractivity contribution in [3.05, 3.63) is 83.4 Å². The molecule has 0 fully saturated rings.